The first-order valence-corrected chi connectivity index (χ1v) is 10.8. The number of rotatable bonds is 7. The lowest BCUT2D eigenvalue weighted by atomic mass is 10.0. The molecule has 1 saturated carbocycles. The molecule has 0 bridgehead atoms. The van der Waals surface area contributed by atoms with Crippen LogP contribution in [0.3, 0.4) is 0 Å². The van der Waals surface area contributed by atoms with E-state index in [-0.39, 0.29) is 35.9 Å². The second-order valence-electron chi connectivity index (χ2n) is 8.00. The van der Waals surface area contributed by atoms with E-state index < -0.39 is 0 Å². The van der Waals surface area contributed by atoms with E-state index in [4.69, 9.17) is 4.74 Å². The van der Waals surface area contributed by atoms with Gasteiger partial charge in [-0.05, 0) is 51.7 Å². The molecule has 3 rings (SSSR count). The first-order chi connectivity index (χ1) is 13.6. The Morgan fingerprint density at radius 2 is 1.97 bits per heavy atom. The van der Waals surface area contributed by atoms with Gasteiger partial charge in [-0.1, -0.05) is 18.9 Å². The summed E-state index contributed by atoms with van der Waals surface area (Å²) in [7, 11) is 0. The average molecular weight is 518 g/mol. The lowest BCUT2D eigenvalue weighted by Gasteiger charge is -2.36. The Bertz CT molecular complexity index is 631. The van der Waals surface area contributed by atoms with Crippen LogP contribution in [-0.2, 0) is 0 Å². The van der Waals surface area contributed by atoms with Crippen LogP contribution < -0.4 is 15.4 Å². The molecule has 0 aromatic heterocycles. The minimum Gasteiger partial charge on any atom is -0.489 e. The molecule has 2 fully saturated rings. The number of hydrogen-bond acceptors (Lipinski definition) is 3. The second kappa shape index (κ2) is 12.6. The summed E-state index contributed by atoms with van der Waals surface area (Å²) in [6, 6.07) is 7.54. The van der Waals surface area contributed by atoms with Crippen molar-refractivity contribution in [3.05, 3.63) is 30.1 Å². The Morgan fingerprint density at radius 3 is 2.62 bits per heavy atom. The van der Waals surface area contributed by atoms with Gasteiger partial charge in [0.25, 0.3) is 0 Å². The molecule has 0 spiro atoms. The van der Waals surface area contributed by atoms with Crippen molar-refractivity contribution in [3.63, 3.8) is 0 Å². The SMILES string of the molecule is CCNC(=NCC(C)Oc1cccc(F)c1)NC1CCN(C2CCCC2)CC1.I. The molecule has 1 aromatic rings. The summed E-state index contributed by atoms with van der Waals surface area (Å²) in [4.78, 5) is 7.37. The molecule has 29 heavy (non-hydrogen) atoms. The minimum absolute atomic E-state index is 0. The molecule has 1 aromatic carbocycles. The maximum atomic E-state index is 13.3. The van der Waals surface area contributed by atoms with Gasteiger partial charge < -0.3 is 20.3 Å². The van der Waals surface area contributed by atoms with Gasteiger partial charge in [0, 0.05) is 37.8 Å². The summed E-state index contributed by atoms with van der Waals surface area (Å²) < 4.78 is 19.1. The van der Waals surface area contributed by atoms with Crippen molar-refractivity contribution in [1.82, 2.24) is 15.5 Å². The van der Waals surface area contributed by atoms with Gasteiger partial charge >= 0.3 is 0 Å². The van der Waals surface area contributed by atoms with Crippen molar-refractivity contribution >= 4 is 29.9 Å². The van der Waals surface area contributed by atoms with E-state index in [9.17, 15) is 4.39 Å². The van der Waals surface area contributed by atoms with Crippen LogP contribution in [0.25, 0.3) is 0 Å². The third-order valence-corrected chi connectivity index (χ3v) is 5.70. The fourth-order valence-corrected chi connectivity index (χ4v) is 4.22. The van der Waals surface area contributed by atoms with E-state index in [2.05, 4.69) is 27.4 Å². The van der Waals surface area contributed by atoms with Gasteiger partial charge in [-0.3, -0.25) is 0 Å². The number of hydrogen-bond donors (Lipinski definition) is 2. The zero-order valence-electron chi connectivity index (χ0n) is 17.7. The van der Waals surface area contributed by atoms with Crippen LogP contribution in [0, 0.1) is 5.82 Å². The molecule has 1 aliphatic heterocycles. The second-order valence-corrected chi connectivity index (χ2v) is 8.00. The molecule has 2 aliphatic rings. The van der Waals surface area contributed by atoms with Crippen LogP contribution in [0.5, 0.6) is 5.75 Å². The first-order valence-electron chi connectivity index (χ1n) is 10.8. The average Bonchev–Trinajstić information content (AvgIpc) is 3.22. The van der Waals surface area contributed by atoms with Crippen LogP contribution in [0.4, 0.5) is 4.39 Å². The smallest absolute Gasteiger partial charge is 0.191 e. The van der Waals surface area contributed by atoms with Crippen molar-refractivity contribution in [2.45, 2.75) is 70.6 Å². The summed E-state index contributed by atoms with van der Waals surface area (Å²) in [6.45, 7) is 7.74. The molecule has 1 atom stereocenters. The standard InChI is InChI=1S/C22H35FN4O.HI/c1-3-24-22(25-16-17(2)28-21-10-6-7-18(23)15-21)26-19-11-13-27(14-12-19)20-8-4-5-9-20;/h6-7,10,15,17,19-20H,3-5,8-9,11-14,16H2,1-2H3,(H2,24,25,26);1H. The first kappa shape index (κ1) is 24.2. The van der Waals surface area contributed by atoms with Crippen molar-refractivity contribution in [1.29, 1.82) is 0 Å². The number of benzene rings is 1. The molecular formula is C22H36FIN4O. The van der Waals surface area contributed by atoms with E-state index >= 15 is 0 Å². The number of aliphatic imine (C=N–C) groups is 1. The lowest BCUT2D eigenvalue weighted by Crippen LogP contribution is -2.50. The topological polar surface area (TPSA) is 48.9 Å². The molecular weight excluding hydrogens is 482 g/mol. The van der Waals surface area contributed by atoms with Crippen LogP contribution in [0.2, 0.25) is 0 Å². The fourth-order valence-electron chi connectivity index (χ4n) is 4.22. The van der Waals surface area contributed by atoms with Gasteiger partial charge in [0.15, 0.2) is 5.96 Å². The summed E-state index contributed by atoms with van der Waals surface area (Å²) in [6.07, 6.45) is 7.76. The number of guanidine groups is 1. The van der Waals surface area contributed by atoms with Crippen LogP contribution in [0.15, 0.2) is 29.3 Å². The van der Waals surface area contributed by atoms with Crippen LogP contribution in [0.1, 0.15) is 52.4 Å². The number of piperidine rings is 1. The summed E-state index contributed by atoms with van der Waals surface area (Å²) in [5.41, 5.74) is 0. The fraction of sp³-hybridized carbons (Fsp3) is 0.682. The van der Waals surface area contributed by atoms with Crippen molar-refractivity contribution < 1.29 is 9.13 Å². The van der Waals surface area contributed by atoms with Gasteiger partial charge in [-0.15, -0.1) is 24.0 Å². The molecule has 0 amide bonds. The van der Waals surface area contributed by atoms with E-state index in [1.807, 2.05) is 6.92 Å². The van der Waals surface area contributed by atoms with E-state index in [0.717, 1.165) is 31.4 Å². The molecule has 1 aliphatic carbocycles. The molecule has 164 valence electrons. The van der Waals surface area contributed by atoms with Crippen LogP contribution in [-0.4, -0.2) is 55.2 Å². The zero-order valence-corrected chi connectivity index (χ0v) is 20.0. The largest absolute Gasteiger partial charge is 0.489 e. The summed E-state index contributed by atoms with van der Waals surface area (Å²) >= 11 is 0. The Hall–Kier alpha value is -1.09. The maximum absolute atomic E-state index is 13.3. The predicted octanol–water partition coefficient (Wildman–Crippen LogP) is 4.17. The highest BCUT2D eigenvalue weighted by Crippen LogP contribution is 2.26. The highest BCUT2D eigenvalue weighted by atomic mass is 127. The highest BCUT2D eigenvalue weighted by molar-refractivity contribution is 14.0. The number of ether oxygens (including phenoxy) is 1. The van der Waals surface area contributed by atoms with Crippen LogP contribution >= 0.6 is 24.0 Å². The van der Waals surface area contributed by atoms with E-state index in [1.54, 1.807) is 12.1 Å². The molecule has 1 heterocycles. The molecule has 1 unspecified atom stereocenters. The molecule has 7 heteroatoms. The van der Waals surface area contributed by atoms with Crippen molar-refractivity contribution in [2.24, 2.45) is 4.99 Å². The van der Waals surface area contributed by atoms with Gasteiger partial charge in [-0.2, -0.15) is 0 Å². The van der Waals surface area contributed by atoms with Gasteiger partial charge in [-0.25, -0.2) is 9.38 Å². The number of nitrogens with zero attached hydrogens (tertiary/aromatic N) is 2. The third-order valence-electron chi connectivity index (χ3n) is 5.70. The monoisotopic (exact) mass is 518 g/mol. The summed E-state index contributed by atoms with van der Waals surface area (Å²) in [5, 5.41) is 6.93. The predicted molar refractivity (Wildman–Crippen MR) is 128 cm³/mol. The Balaban J connectivity index is 0.00000300. The van der Waals surface area contributed by atoms with Gasteiger partial charge in [0.2, 0.25) is 0 Å². The molecule has 2 N–H and O–H groups in total. The third kappa shape index (κ3) is 7.92. The van der Waals surface area contributed by atoms with Gasteiger partial charge in [0.1, 0.15) is 17.7 Å². The zero-order chi connectivity index (χ0) is 19.8. The molecule has 0 radical (unpaired) electrons. The number of halogens is 2. The van der Waals surface area contributed by atoms with Crippen molar-refractivity contribution in [2.75, 3.05) is 26.2 Å². The Labute approximate surface area is 191 Å². The summed E-state index contributed by atoms with van der Waals surface area (Å²) in [5.74, 6) is 1.10. The number of nitrogens with one attached hydrogen (secondary N) is 2. The quantitative estimate of drug-likeness (QED) is 0.323. The normalized spacial score (nSPS) is 20.2. The minimum atomic E-state index is -0.285. The maximum Gasteiger partial charge on any atom is 0.191 e. The van der Waals surface area contributed by atoms with E-state index in [1.165, 1.54) is 50.9 Å². The van der Waals surface area contributed by atoms with Crippen molar-refractivity contribution in [3.8, 4) is 5.75 Å². The Kier molecular flexibility index (Phi) is 10.5. The number of likely N-dealkylation sites (tertiary alicyclic amines) is 1. The van der Waals surface area contributed by atoms with E-state index in [0.29, 0.717) is 18.3 Å². The Morgan fingerprint density at radius 1 is 1.24 bits per heavy atom. The lowest BCUT2D eigenvalue weighted by molar-refractivity contribution is 0.150. The highest BCUT2D eigenvalue weighted by Gasteiger charge is 2.27. The molecule has 5 nitrogen and oxygen atoms in total. The van der Waals surface area contributed by atoms with Gasteiger partial charge in [0.05, 0.1) is 6.54 Å². The molecule has 1 saturated heterocycles.